The summed E-state index contributed by atoms with van der Waals surface area (Å²) < 4.78 is 1.20. The Bertz CT molecular complexity index is 779. The van der Waals surface area contributed by atoms with Crippen molar-refractivity contribution in [3.63, 3.8) is 0 Å². The van der Waals surface area contributed by atoms with Crippen LogP contribution in [-0.4, -0.2) is 32.0 Å². The van der Waals surface area contributed by atoms with Crippen molar-refractivity contribution in [3.05, 3.63) is 29.8 Å². The first-order chi connectivity index (χ1) is 9.61. The predicted molar refractivity (Wildman–Crippen MR) is 80.3 cm³/mol. The molecule has 2 N–H and O–H groups in total. The van der Waals surface area contributed by atoms with Crippen molar-refractivity contribution in [2.45, 2.75) is 12.1 Å². The van der Waals surface area contributed by atoms with Gasteiger partial charge in [0.05, 0.1) is 10.6 Å². The lowest BCUT2D eigenvalue weighted by Crippen LogP contribution is -1.97. The molecule has 0 fully saturated rings. The second kappa shape index (κ2) is 5.26. The van der Waals surface area contributed by atoms with E-state index in [9.17, 15) is 4.79 Å². The molecule has 2 aromatic heterocycles. The van der Waals surface area contributed by atoms with Gasteiger partial charge in [0.1, 0.15) is 0 Å². The number of nitrogens with one attached hydrogen (secondary N) is 1. The number of aromatic amines is 1. The number of hydrogen-bond acceptors (Lipinski definition) is 5. The zero-order chi connectivity index (χ0) is 14.1. The number of carboxylic acids is 1. The first-order valence-electron chi connectivity index (χ1n) is 5.89. The number of carbonyl (C=O) groups is 1. The average Bonchev–Trinajstić information content (AvgIpc) is 3.01. The van der Waals surface area contributed by atoms with Crippen LogP contribution in [-0.2, 0) is 4.79 Å². The molecule has 3 rings (SSSR count). The molecule has 102 valence electrons. The smallest absolute Gasteiger partial charge is 0.313 e. The minimum absolute atomic E-state index is 0.0388. The quantitative estimate of drug-likeness (QED) is 0.724. The lowest BCUT2D eigenvalue weighted by Gasteiger charge is -1.89. The third-order valence-electron chi connectivity index (χ3n) is 2.69. The van der Waals surface area contributed by atoms with Gasteiger partial charge in [0.2, 0.25) is 5.16 Å². The molecular weight excluding hydrogens is 294 g/mol. The molecule has 7 heteroatoms. The molecule has 0 aliphatic rings. The number of thioether (sulfide) groups is 1. The number of carboxylic acid groups (broad SMARTS) is 1. The molecule has 0 aliphatic carbocycles. The van der Waals surface area contributed by atoms with E-state index in [1.807, 2.05) is 0 Å². The maximum atomic E-state index is 10.5. The van der Waals surface area contributed by atoms with Gasteiger partial charge in [0.15, 0.2) is 5.82 Å². The minimum Gasteiger partial charge on any atom is -0.481 e. The summed E-state index contributed by atoms with van der Waals surface area (Å²) in [6, 6.07) is 8.37. The van der Waals surface area contributed by atoms with Crippen LogP contribution in [0.15, 0.2) is 29.4 Å². The van der Waals surface area contributed by atoms with Gasteiger partial charge in [-0.25, -0.2) is 4.98 Å². The first-order valence-corrected chi connectivity index (χ1v) is 7.69. The van der Waals surface area contributed by atoms with E-state index in [4.69, 9.17) is 5.11 Å². The van der Waals surface area contributed by atoms with Crippen LogP contribution in [0, 0.1) is 6.92 Å². The highest BCUT2D eigenvalue weighted by molar-refractivity contribution is 7.99. The molecule has 0 radical (unpaired) electrons. The van der Waals surface area contributed by atoms with Crippen LogP contribution >= 0.6 is 23.1 Å². The van der Waals surface area contributed by atoms with Crippen molar-refractivity contribution < 1.29 is 9.90 Å². The van der Waals surface area contributed by atoms with Crippen LogP contribution in [0.1, 0.15) is 5.56 Å². The Hall–Kier alpha value is -1.86. The first kappa shape index (κ1) is 13.1. The van der Waals surface area contributed by atoms with Crippen LogP contribution in [0.25, 0.3) is 20.8 Å². The van der Waals surface area contributed by atoms with E-state index in [0.29, 0.717) is 11.0 Å². The zero-order valence-electron chi connectivity index (χ0n) is 10.6. The van der Waals surface area contributed by atoms with Crippen molar-refractivity contribution in [2.24, 2.45) is 0 Å². The molecular formula is C13H11N3O2S2. The SMILES string of the molecule is Cc1ccc2sc(-c3nc(SCC(=O)O)n[nH]3)cc2c1. The molecule has 0 amide bonds. The zero-order valence-corrected chi connectivity index (χ0v) is 12.2. The van der Waals surface area contributed by atoms with Gasteiger partial charge in [-0.15, -0.1) is 16.4 Å². The Morgan fingerprint density at radius 2 is 2.30 bits per heavy atom. The van der Waals surface area contributed by atoms with Crippen LogP contribution in [0.5, 0.6) is 0 Å². The number of thiophene rings is 1. The van der Waals surface area contributed by atoms with E-state index in [-0.39, 0.29) is 5.75 Å². The number of aromatic nitrogens is 3. The summed E-state index contributed by atoms with van der Waals surface area (Å²) in [5, 5.41) is 17.2. The number of rotatable bonds is 4. The van der Waals surface area contributed by atoms with E-state index in [1.54, 1.807) is 11.3 Å². The van der Waals surface area contributed by atoms with Gasteiger partial charge < -0.3 is 5.11 Å². The average molecular weight is 305 g/mol. The third kappa shape index (κ3) is 2.68. The summed E-state index contributed by atoms with van der Waals surface area (Å²) >= 11 is 2.74. The minimum atomic E-state index is -0.876. The summed E-state index contributed by atoms with van der Waals surface area (Å²) in [7, 11) is 0. The Morgan fingerprint density at radius 1 is 1.45 bits per heavy atom. The van der Waals surface area contributed by atoms with E-state index in [0.717, 1.165) is 16.6 Å². The molecule has 0 spiro atoms. The number of aryl methyl sites for hydroxylation is 1. The van der Waals surface area contributed by atoms with Crippen LogP contribution < -0.4 is 0 Å². The number of nitrogens with zero attached hydrogens (tertiary/aromatic N) is 2. The molecule has 1 aromatic carbocycles. The molecule has 3 aromatic rings. The van der Waals surface area contributed by atoms with E-state index in [2.05, 4.69) is 46.4 Å². The van der Waals surface area contributed by atoms with Crippen molar-refractivity contribution >= 4 is 39.2 Å². The molecule has 0 unspecified atom stereocenters. The van der Waals surface area contributed by atoms with Gasteiger partial charge in [-0.05, 0) is 24.4 Å². The monoisotopic (exact) mass is 305 g/mol. The third-order valence-corrected chi connectivity index (χ3v) is 4.65. The number of H-pyrrole nitrogens is 1. The normalized spacial score (nSPS) is 11.1. The van der Waals surface area contributed by atoms with Gasteiger partial charge >= 0.3 is 5.97 Å². The van der Waals surface area contributed by atoms with Gasteiger partial charge in [0.25, 0.3) is 0 Å². The fourth-order valence-corrected chi connectivity index (χ4v) is 3.33. The van der Waals surface area contributed by atoms with Gasteiger partial charge in [0, 0.05) is 4.70 Å². The maximum Gasteiger partial charge on any atom is 0.313 e. The lowest BCUT2D eigenvalue weighted by atomic mass is 10.2. The van der Waals surface area contributed by atoms with Crippen LogP contribution in [0.2, 0.25) is 0 Å². The van der Waals surface area contributed by atoms with Crippen molar-refractivity contribution in [3.8, 4) is 10.7 Å². The molecule has 2 heterocycles. The second-order valence-corrected chi connectivity index (χ2v) is 6.33. The number of fused-ring (bicyclic) bond motifs is 1. The van der Waals surface area contributed by atoms with Gasteiger partial charge in [-0.1, -0.05) is 29.5 Å². The molecule has 20 heavy (non-hydrogen) atoms. The summed E-state index contributed by atoms with van der Waals surface area (Å²) in [6.45, 7) is 2.06. The number of hydrogen-bond donors (Lipinski definition) is 2. The standard InChI is InChI=1S/C13H11N3O2S2/c1-7-2-3-9-8(4-7)5-10(20-9)12-14-13(16-15-12)19-6-11(17)18/h2-5H,6H2,1H3,(H,17,18)(H,14,15,16). The largest absolute Gasteiger partial charge is 0.481 e. The van der Waals surface area contributed by atoms with Crippen molar-refractivity contribution in [1.82, 2.24) is 15.2 Å². The van der Waals surface area contributed by atoms with Gasteiger partial charge in [-0.2, -0.15) is 0 Å². The highest BCUT2D eigenvalue weighted by Gasteiger charge is 2.11. The number of aliphatic carboxylic acids is 1. The summed E-state index contributed by atoms with van der Waals surface area (Å²) in [4.78, 5) is 15.8. The highest BCUT2D eigenvalue weighted by Crippen LogP contribution is 2.32. The van der Waals surface area contributed by atoms with Gasteiger partial charge in [-0.3, -0.25) is 9.89 Å². The Kier molecular flexibility index (Phi) is 3.45. The summed E-state index contributed by atoms with van der Waals surface area (Å²) in [6.07, 6.45) is 0. The van der Waals surface area contributed by atoms with Crippen molar-refractivity contribution in [1.29, 1.82) is 0 Å². The number of benzene rings is 1. The van der Waals surface area contributed by atoms with Crippen LogP contribution in [0.3, 0.4) is 0 Å². The second-order valence-electron chi connectivity index (χ2n) is 4.30. The van der Waals surface area contributed by atoms with Crippen molar-refractivity contribution in [2.75, 3.05) is 5.75 Å². The predicted octanol–water partition coefficient (Wildman–Crippen LogP) is 3.17. The fourth-order valence-electron chi connectivity index (χ4n) is 1.83. The summed E-state index contributed by atoms with van der Waals surface area (Å²) in [5.41, 5.74) is 1.22. The maximum absolute atomic E-state index is 10.5. The highest BCUT2D eigenvalue weighted by atomic mass is 32.2. The molecule has 0 saturated carbocycles. The fraction of sp³-hybridized carbons (Fsp3) is 0.154. The summed E-state index contributed by atoms with van der Waals surface area (Å²) in [5.74, 6) is -0.237. The Balaban J connectivity index is 1.89. The Morgan fingerprint density at radius 3 is 3.10 bits per heavy atom. The lowest BCUT2D eigenvalue weighted by molar-refractivity contribution is -0.133. The molecule has 0 saturated heterocycles. The van der Waals surface area contributed by atoms with Crippen LogP contribution in [0.4, 0.5) is 0 Å². The molecule has 0 aliphatic heterocycles. The van der Waals surface area contributed by atoms with E-state index in [1.165, 1.54) is 15.6 Å². The molecule has 0 bridgehead atoms. The van der Waals surface area contributed by atoms with E-state index < -0.39 is 5.97 Å². The molecule has 5 nitrogen and oxygen atoms in total. The Labute approximate surface area is 123 Å². The molecule has 0 atom stereocenters. The van der Waals surface area contributed by atoms with E-state index >= 15 is 0 Å². The topological polar surface area (TPSA) is 78.9 Å².